The molecule has 0 aliphatic carbocycles. The third-order valence-corrected chi connectivity index (χ3v) is 7.98. The highest BCUT2D eigenvalue weighted by Crippen LogP contribution is 2.35. The number of likely N-dealkylation sites (tertiary alicyclic amines) is 1. The van der Waals surface area contributed by atoms with Crippen molar-refractivity contribution >= 4 is 60.6 Å². The third kappa shape index (κ3) is 4.02. The normalized spacial score (nSPS) is 15.4. The molecule has 1 aliphatic rings. The molecule has 1 fully saturated rings. The maximum Gasteiger partial charge on any atom is 0.222 e. The van der Waals surface area contributed by atoms with Gasteiger partial charge in [0.2, 0.25) is 5.91 Å². The molecular formula is C22H20ClN3OS2. The van der Waals surface area contributed by atoms with Crippen molar-refractivity contribution in [3.05, 3.63) is 57.5 Å². The predicted octanol–water partition coefficient (Wildman–Crippen LogP) is 5.90. The monoisotopic (exact) mass is 441 g/mol. The Morgan fingerprint density at radius 2 is 1.83 bits per heavy atom. The molecule has 0 N–H and O–H groups in total. The topological polar surface area (TPSA) is 46.1 Å². The molecule has 3 heterocycles. The number of nitrogens with zero attached hydrogens (tertiary/aromatic N) is 3. The summed E-state index contributed by atoms with van der Waals surface area (Å²) in [4.78, 5) is 24.1. The zero-order chi connectivity index (χ0) is 19.8. The van der Waals surface area contributed by atoms with E-state index in [1.165, 1.54) is 14.4 Å². The number of para-hydroxylation sites is 1. The molecule has 4 aromatic rings. The van der Waals surface area contributed by atoms with Crippen LogP contribution in [0.25, 0.3) is 20.4 Å². The lowest BCUT2D eigenvalue weighted by molar-refractivity contribution is -0.132. The first-order valence-electron chi connectivity index (χ1n) is 9.84. The van der Waals surface area contributed by atoms with Gasteiger partial charge in [0.25, 0.3) is 0 Å². The van der Waals surface area contributed by atoms with E-state index in [4.69, 9.17) is 16.6 Å². The minimum Gasteiger partial charge on any atom is -0.343 e. The van der Waals surface area contributed by atoms with Crippen molar-refractivity contribution in [2.24, 2.45) is 0 Å². The quantitative estimate of drug-likeness (QED) is 0.396. The van der Waals surface area contributed by atoms with Gasteiger partial charge in [-0.2, -0.15) is 0 Å². The average Bonchev–Trinajstić information content (AvgIpc) is 3.35. The number of benzene rings is 2. The number of halogens is 1. The van der Waals surface area contributed by atoms with Crippen molar-refractivity contribution < 1.29 is 4.79 Å². The maximum atomic E-state index is 12.7. The second-order valence-corrected chi connectivity index (χ2v) is 10.0. The van der Waals surface area contributed by atoms with E-state index in [9.17, 15) is 4.79 Å². The molecule has 148 valence electrons. The standard InChI is InChI=1S/C22H20ClN3OS2/c23-15-5-6-19-17(13-15)25-22(29-19)14-9-11-26(12-10-14)21(27)8-7-20-24-16-3-1-2-4-18(16)28-20/h1-6,13-14H,7-12H2. The highest BCUT2D eigenvalue weighted by Gasteiger charge is 2.26. The lowest BCUT2D eigenvalue weighted by Gasteiger charge is -2.31. The minimum absolute atomic E-state index is 0.235. The van der Waals surface area contributed by atoms with Crippen LogP contribution in [0.4, 0.5) is 0 Å². The number of carbonyl (C=O) groups excluding carboxylic acids is 1. The molecule has 1 aliphatic heterocycles. The van der Waals surface area contributed by atoms with Crippen LogP contribution in [0, 0.1) is 0 Å². The molecule has 7 heteroatoms. The summed E-state index contributed by atoms with van der Waals surface area (Å²) in [5.41, 5.74) is 2.00. The van der Waals surface area contributed by atoms with E-state index in [0.29, 0.717) is 12.3 Å². The minimum atomic E-state index is 0.235. The van der Waals surface area contributed by atoms with E-state index < -0.39 is 0 Å². The highest BCUT2D eigenvalue weighted by molar-refractivity contribution is 7.18. The fourth-order valence-corrected chi connectivity index (χ4v) is 6.12. The molecule has 0 atom stereocenters. The van der Waals surface area contributed by atoms with Crippen LogP contribution in [0.3, 0.4) is 0 Å². The van der Waals surface area contributed by atoms with Crippen LogP contribution in [0.1, 0.15) is 35.2 Å². The Hall–Kier alpha value is -2.02. The Bertz CT molecular complexity index is 1140. The highest BCUT2D eigenvalue weighted by atomic mass is 35.5. The number of amides is 1. The molecule has 0 radical (unpaired) electrons. The second-order valence-electron chi connectivity index (χ2n) is 7.39. The number of aromatic nitrogens is 2. The Balaban J connectivity index is 1.17. The van der Waals surface area contributed by atoms with Gasteiger partial charge in [-0.3, -0.25) is 4.79 Å². The van der Waals surface area contributed by atoms with Gasteiger partial charge in [0.1, 0.15) is 0 Å². The first-order chi connectivity index (χ1) is 14.2. The van der Waals surface area contributed by atoms with Crippen LogP contribution >= 0.6 is 34.3 Å². The number of hydrogen-bond donors (Lipinski definition) is 0. The summed E-state index contributed by atoms with van der Waals surface area (Å²) in [6.45, 7) is 1.61. The molecule has 2 aromatic carbocycles. The summed E-state index contributed by atoms with van der Waals surface area (Å²) >= 11 is 9.52. The number of piperidine rings is 1. The lowest BCUT2D eigenvalue weighted by atomic mass is 9.97. The van der Waals surface area contributed by atoms with E-state index >= 15 is 0 Å². The zero-order valence-electron chi connectivity index (χ0n) is 15.8. The Morgan fingerprint density at radius 3 is 2.66 bits per heavy atom. The fraction of sp³-hybridized carbons (Fsp3) is 0.318. The van der Waals surface area contributed by atoms with E-state index in [2.05, 4.69) is 11.1 Å². The number of rotatable bonds is 4. The van der Waals surface area contributed by atoms with E-state index in [0.717, 1.165) is 53.4 Å². The number of hydrogen-bond acceptors (Lipinski definition) is 5. The number of thiazole rings is 2. The lowest BCUT2D eigenvalue weighted by Crippen LogP contribution is -2.38. The van der Waals surface area contributed by atoms with Gasteiger partial charge in [-0.1, -0.05) is 23.7 Å². The largest absolute Gasteiger partial charge is 0.343 e. The average molecular weight is 442 g/mol. The van der Waals surface area contributed by atoms with Crippen molar-refractivity contribution in [2.45, 2.75) is 31.6 Å². The van der Waals surface area contributed by atoms with Crippen LogP contribution in [0.5, 0.6) is 0 Å². The van der Waals surface area contributed by atoms with Gasteiger partial charge in [0.15, 0.2) is 0 Å². The molecule has 5 rings (SSSR count). The molecule has 2 aromatic heterocycles. The van der Waals surface area contributed by atoms with Crippen LogP contribution in [0.2, 0.25) is 5.02 Å². The van der Waals surface area contributed by atoms with E-state index in [1.807, 2.05) is 41.3 Å². The Labute approximate surface area is 182 Å². The molecule has 0 saturated carbocycles. The molecule has 1 saturated heterocycles. The Kier molecular flexibility index (Phi) is 5.24. The molecule has 4 nitrogen and oxygen atoms in total. The van der Waals surface area contributed by atoms with Gasteiger partial charge in [-0.15, -0.1) is 22.7 Å². The van der Waals surface area contributed by atoms with E-state index in [-0.39, 0.29) is 5.91 Å². The maximum absolute atomic E-state index is 12.7. The SMILES string of the molecule is O=C(CCc1nc2ccccc2s1)N1CCC(c2nc3cc(Cl)ccc3s2)CC1. The van der Waals surface area contributed by atoms with Crippen molar-refractivity contribution in [3.8, 4) is 0 Å². The number of aryl methyl sites for hydroxylation is 1. The van der Waals surface area contributed by atoms with Crippen LogP contribution in [-0.4, -0.2) is 33.9 Å². The van der Waals surface area contributed by atoms with Crippen molar-refractivity contribution in [1.82, 2.24) is 14.9 Å². The van der Waals surface area contributed by atoms with Crippen molar-refractivity contribution in [2.75, 3.05) is 13.1 Å². The molecule has 29 heavy (non-hydrogen) atoms. The molecule has 1 amide bonds. The van der Waals surface area contributed by atoms with E-state index in [1.54, 1.807) is 22.7 Å². The van der Waals surface area contributed by atoms with Gasteiger partial charge in [-0.05, 0) is 43.2 Å². The second kappa shape index (κ2) is 8.01. The Morgan fingerprint density at radius 1 is 1.03 bits per heavy atom. The zero-order valence-corrected chi connectivity index (χ0v) is 18.2. The van der Waals surface area contributed by atoms with Gasteiger partial charge < -0.3 is 4.90 Å². The van der Waals surface area contributed by atoms with Crippen LogP contribution in [-0.2, 0) is 11.2 Å². The van der Waals surface area contributed by atoms with Crippen molar-refractivity contribution in [3.63, 3.8) is 0 Å². The summed E-state index contributed by atoms with van der Waals surface area (Å²) < 4.78 is 2.37. The van der Waals surface area contributed by atoms with Crippen molar-refractivity contribution in [1.29, 1.82) is 0 Å². The van der Waals surface area contributed by atoms with Gasteiger partial charge in [0, 0.05) is 36.9 Å². The number of fused-ring (bicyclic) bond motifs is 2. The van der Waals surface area contributed by atoms with Crippen LogP contribution in [0.15, 0.2) is 42.5 Å². The number of carbonyl (C=O) groups is 1. The molecule has 0 unspecified atom stereocenters. The fourth-order valence-electron chi connectivity index (χ4n) is 3.87. The molecule has 0 bridgehead atoms. The first-order valence-corrected chi connectivity index (χ1v) is 11.8. The predicted molar refractivity (Wildman–Crippen MR) is 121 cm³/mol. The summed E-state index contributed by atoms with van der Waals surface area (Å²) in [5.74, 6) is 0.665. The van der Waals surface area contributed by atoms with Gasteiger partial charge in [-0.25, -0.2) is 9.97 Å². The third-order valence-electron chi connectivity index (χ3n) is 5.45. The smallest absolute Gasteiger partial charge is 0.222 e. The summed E-state index contributed by atoms with van der Waals surface area (Å²) in [7, 11) is 0. The van der Waals surface area contributed by atoms with Gasteiger partial charge >= 0.3 is 0 Å². The molecular weight excluding hydrogens is 422 g/mol. The van der Waals surface area contributed by atoms with Gasteiger partial charge in [0.05, 0.1) is 30.4 Å². The summed E-state index contributed by atoms with van der Waals surface area (Å²) in [6.07, 6.45) is 3.20. The first kappa shape index (κ1) is 19.0. The summed E-state index contributed by atoms with van der Waals surface area (Å²) in [5, 5.41) is 2.94. The van der Waals surface area contributed by atoms with Crippen LogP contribution < -0.4 is 0 Å². The summed E-state index contributed by atoms with van der Waals surface area (Å²) in [6, 6.07) is 14.0. The molecule has 0 spiro atoms.